The number of hydrogen-bond donors (Lipinski definition) is 1. The lowest BCUT2D eigenvalue weighted by Gasteiger charge is -2.09. The Labute approximate surface area is 136 Å². The molecular weight excluding hydrogens is 321 g/mol. The number of nitrogens with zero attached hydrogens (tertiary/aromatic N) is 2. The van der Waals surface area contributed by atoms with Crippen LogP contribution in [0.5, 0.6) is 5.75 Å². The number of carbonyl (C=O) groups is 1. The van der Waals surface area contributed by atoms with E-state index in [1.807, 2.05) is 6.92 Å². The van der Waals surface area contributed by atoms with Gasteiger partial charge >= 0.3 is 0 Å². The van der Waals surface area contributed by atoms with E-state index >= 15 is 0 Å². The van der Waals surface area contributed by atoms with E-state index in [2.05, 4.69) is 10.4 Å². The van der Waals surface area contributed by atoms with E-state index in [0.717, 1.165) is 11.8 Å². The largest absolute Gasteiger partial charge is 0.480 e. The summed E-state index contributed by atoms with van der Waals surface area (Å²) in [7, 11) is 0.375. The standard InChI is InChI=1S/C15H18FN3O3S/c1-9-15(10(2)19(3)18-9)22-8-14(20)17-11-5-6-13(23(4)21)12(16)7-11/h5-7H,8H2,1-4H3,(H,17,20)/t23-/m1/s1. The van der Waals surface area contributed by atoms with Crippen molar-refractivity contribution in [3.63, 3.8) is 0 Å². The van der Waals surface area contributed by atoms with Crippen molar-refractivity contribution < 1.29 is 18.1 Å². The average molecular weight is 339 g/mol. The first-order chi connectivity index (χ1) is 10.8. The highest BCUT2D eigenvalue weighted by atomic mass is 32.2. The number of aromatic nitrogens is 2. The smallest absolute Gasteiger partial charge is 0.262 e. The van der Waals surface area contributed by atoms with Gasteiger partial charge in [-0.15, -0.1) is 0 Å². The molecule has 23 heavy (non-hydrogen) atoms. The molecule has 8 heteroatoms. The number of anilines is 1. The number of rotatable bonds is 5. The molecule has 2 rings (SSSR count). The van der Waals surface area contributed by atoms with Gasteiger partial charge in [-0.2, -0.15) is 5.10 Å². The summed E-state index contributed by atoms with van der Waals surface area (Å²) in [5.41, 5.74) is 1.79. The molecule has 0 saturated heterocycles. The van der Waals surface area contributed by atoms with Crippen LogP contribution in [-0.4, -0.2) is 32.8 Å². The molecule has 0 spiro atoms. The van der Waals surface area contributed by atoms with Crippen molar-refractivity contribution in [3.8, 4) is 5.75 Å². The van der Waals surface area contributed by atoms with Crippen molar-refractivity contribution in [2.24, 2.45) is 7.05 Å². The topological polar surface area (TPSA) is 73.2 Å². The van der Waals surface area contributed by atoms with Gasteiger partial charge in [0.05, 0.1) is 21.4 Å². The lowest BCUT2D eigenvalue weighted by molar-refractivity contribution is -0.118. The molecule has 1 N–H and O–H groups in total. The minimum Gasteiger partial charge on any atom is -0.480 e. The number of carbonyl (C=O) groups excluding carboxylic acids is 1. The van der Waals surface area contributed by atoms with Crippen LogP contribution in [0.25, 0.3) is 0 Å². The third-order valence-electron chi connectivity index (χ3n) is 3.32. The van der Waals surface area contributed by atoms with Crippen LogP contribution in [0.4, 0.5) is 10.1 Å². The molecule has 1 aromatic carbocycles. The average Bonchev–Trinajstić information content (AvgIpc) is 2.70. The molecule has 1 amide bonds. The van der Waals surface area contributed by atoms with E-state index in [1.165, 1.54) is 18.4 Å². The summed E-state index contributed by atoms with van der Waals surface area (Å²) in [6, 6.07) is 4.02. The first-order valence-corrected chi connectivity index (χ1v) is 8.41. The van der Waals surface area contributed by atoms with Gasteiger partial charge in [0.25, 0.3) is 5.91 Å². The highest BCUT2D eigenvalue weighted by molar-refractivity contribution is 7.84. The summed E-state index contributed by atoms with van der Waals surface area (Å²) in [6.45, 7) is 3.42. The minimum atomic E-state index is -1.41. The number of hydrogen-bond acceptors (Lipinski definition) is 4. The molecule has 0 radical (unpaired) electrons. The van der Waals surface area contributed by atoms with E-state index in [1.54, 1.807) is 18.7 Å². The molecule has 2 aromatic rings. The van der Waals surface area contributed by atoms with Crippen molar-refractivity contribution in [3.05, 3.63) is 35.4 Å². The fourth-order valence-corrected chi connectivity index (χ4v) is 2.70. The number of ether oxygens (including phenoxy) is 1. The number of nitrogens with one attached hydrogen (secondary N) is 1. The predicted octanol–water partition coefficient (Wildman–Crippen LogP) is 1.93. The number of halogens is 1. The molecule has 0 aliphatic heterocycles. The predicted molar refractivity (Wildman–Crippen MR) is 85.5 cm³/mol. The van der Waals surface area contributed by atoms with Gasteiger partial charge in [0, 0.05) is 19.0 Å². The van der Waals surface area contributed by atoms with Crippen LogP contribution >= 0.6 is 0 Å². The fourth-order valence-electron chi connectivity index (χ4n) is 2.11. The van der Waals surface area contributed by atoms with Crippen LogP contribution in [0.1, 0.15) is 11.4 Å². The van der Waals surface area contributed by atoms with Crippen LogP contribution in [0.3, 0.4) is 0 Å². The third-order valence-corrected chi connectivity index (χ3v) is 4.27. The van der Waals surface area contributed by atoms with Crippen LogP contribution in [-0.2, 0) is 22.6 Å². The zero-order valence-corrected chi connectivity index (χ0v) is 14.2. The molecule has 6 nitrogen and oxygen atoms in total. The molecule has 1 aromatic heterocycles. The zero-order chi connectivity index (χ0) is 17.1. The summed E-state index contributed by atoms with van der Waals surface area (Å²) in [6.07, 6.45) is 1.39. The van der Waals surface area contributed by atoms with Gasteiger partial charge in [-0.1, -0.05) is 0 Å². The van der Waals surface area contributed by atoms with Gasteiger partial charge in [-0.05, 0) is 32.0 Å². The molecule has 0 aliphatic carbocycles. The second kappa shape index (κ2) is 6.91. The van der Waals surface area contributed by atoms with Gasteiger partial charge in [0.1, 0.15) is 11.5 Å². The molecule has 1 heterocycles. The van der Waals surface area contributed by atoms with Crippen LogP contribution in [0.15, 0.2) is 23.1 Å². The molecule has 0 aliphatic rings. The first kappa shape index (κ1) is 17.1. The lowest BCUT2D eigenvalue weighted by atomic mass is 10.3. The fraction of sp³-hybridized carbons (Fsp3) is 0.333. The third kappa shape index (κ3) is 3.95. The lowest BCUT2D eigenvalue weighted by Crippen LogP contribution is -2.20. The second-order valence-corrected chi connectivity index (χ2v) is 6.41. The van der Waals surface area contributed by atoms with Gasteiger partial charge in [-0.25, -0.2) is 4.39 Å². The van der Waals surface area contributed by atoms with Crippen molar-refractivity contribution in [2.75, 3.05) is 18.2 Å². The molecular formula is C15H18FN3O3S. The van der Waals surface area contributed by atoms with Gasteiger partial charge < -0.3 is 10.1 Å². The van der Waals surface area contributed by atoms with E-state index < -0.39 is 22.5 Å². The van der Waals surface area contributed by atoms with Crippen molar-refractivity contribution in [2.45, 2.75) is 18.7 Å². The maximum absolute atomic E-state index is 13.7. The molecule has 124 valence electrons. The summed E-state index contributed by atoms with van der Waals surface area (Å²) < 4.78 is 32.1. The van der Waals surface area contributed by atoms with Gasteiger partial charge in [0.15, 0.2) is 12.4 Å². The highest BCUT2D eigenvalue weighted by Crippen LogP contribution is 2.21. The second-order valence-electron chi connectivity index (χ2n) is 5.06. The molecule has 0 fully saturated rings. The molecule has 0 bridgehead atoms. The van der Waals surface area contributed by atoms with Crippen molar-refractivity contribution >= 4 is 22.4 Å². The zero-order valence-electron chi connectivity index (χ0n) is 13.3. The van der Waals surface area contributed by atoms with Gasteiger partial charge in [0.2, 0.25) is 0 Å². The van der Waals surface area contributed by atoms with E-state index in [9.17, 15) is 13.4 Å². The maximum atomic E-state index is 13.7. The minimum absolute atomic E-state index is 0.0980. The number of amides is 1. The first-order valence-electron chi connectivity index (χ1n) is 6.85. The highest BCUT2D eigenvalue weighted by Gasteiger charge is 2.13. The summed E-state index contributed by atoms with van der Waals surface area (Å²) in [5.74, 6) is -0.480. The Kier molecular flexibility index (Phi) is 5.15. The van der Waals surface area contributed by atoms with E-state index in [4.69, 9.17) is 4.74 Å². The molecule has 1 atom stereocenters. The van der Waals surface area contributed by atoms with Crippen LogP contribution < -0.4 is 10.1 Å². The van der Waals surface area contributed by atoms with E-state index in [-0.39, 0.29) is 17.2 Å². The summed E-state index contributed by atoms with van der Waals surface area (Å²) >= 11 is 0. The van der Waals surface area contributed by atoms with E-state index in [0.29, 0.717) is 11.4 Å². The summed E-state index contributed by atoms with van der Waals surface area (Å²) in [5, 5.41) is 6.73. The Hall–Kier alpha value is -2.22. The Bertz CT molecular complexity index is 774. The Morgan fingerprint density at radius 2 is 2.13 bits per heavy atom. The monoisotopic (exact) mass is 339 g/mol. The number of aryl methyl sites for hydroxylation is 2. The molecule has 0 unspecified atom stereocenters. The number of benzene rings is 1. The quantitative estimate of drug-likeness (QED) is 0.903. The maximum Gasteiger partial charge on any atom is 0.262 e. The van der Waals surface area contributed by atoms with Crippen LogP contribution in [0, 0.1) is 19.7 Å². The summed E-state index contributed by atoms with van der Waals surface area (Å²) in [4.78, 5) is 12.0. The molecule has 0 saturated carbocycles. The SMILES string of the molecule is Cc1nn(C)c(C)c1OCC(=O)Nc1ccc([S@@](C)=O)c(F)c1. The van der Waals surface area contributed by atoms with Crippen LogP contribution in [0.2, 0.25) is 0 Å². The normalized spacial score (nSPS) is 12.0. The Morgan fingerprint density at radius 3 is 2.65 bits per heavy atom. The van der Waals surface area contributed by atoms with Crippen molar-refractivity contribution in [1.29, 1.82) is 0 Å². The van der Waals surface area contributed by atoms with Gasteiger partial charge in [-0.3, -0.25) is 13.7 Å². The van der Waals surface area contributed by atoms with Crippen molar-refractivity contribution in [1.82, 2.24) is 9.78 Å². The Morgan fingerprint density at radius 1 is 1.43 bits per heavy atom. The Balaban J connectivity index is 2.00.